The molecule has 1 fully saturated rings. The molecule has 1 aromatic heterocycles. The number of hydrogen-bond acceptors (Lipinski definition) is 4. The van der Waals surface area contributed by atoms with Gasteiger partial charge in [-0.3, -0.25) is 9.59 Å². The van der Waals surface area contributed by atoms with E-state index in [2.05, 4.69) is 21.3 Å². The molecule has 7 nitrogen and oxygen atoms in total. The molecule has 2 amide bonds. The number of fused-ring (bicyclic) bond motifs is 1. The quantitative estimate of drug-likeness (QED) is 0.681. The Labute approximate surface area is 171 Å². The molecule has 29 heavy (non-hydrogen) atoms. The smallest absolute Gasteiger partial charge is 0.251 e. The van der Waals surface area contributed by atoms with E-state index in [1.54, 1.807) is 13.2 Å². The van der Waals surface area contributed by atoms with E-state index in [9.17, 15) is 14.9 Å². The maximum absolute atomic E-state index is 12.8. The van der Waals surface area contributed by atoms with Gasteiger partial charge in [-0.15, -0.1) is 0 Å². The standard InChI is InChI=1S/C22H28N4O3/c1-15(2)12-18(21(28)25-22(14-23)7-8-22)24-20(27)17-4-5-19-16(13-17)6-9-26(19)10-11-29-3/h4-6,9,13,15,18H,7-8,10-12H2,1-3H3,(H,24,27)(H,25,28). The summed E-state index contributed by atoms with van der Waals surface area (Å²) in [5, 5.41) is 15.8. The van der Waals surface area contributed by atoms with Crippen LogP contribution in [-0.4, -0.2) is 41.7 Å². The summed E-state index contributed by atoms with van der Waals surface area (Å²) in [5.74, 6) is -0.363. The monoisotopic (exact) mass is 396 g/mol. The summed E-state index contributed by atoms with van der Waals surface area (Å²) in [6, 6.07) is 8.95. The predicted octanol–water partition coefficient (Wildman–Crippen LogP) is 2.60. The summed E-state index contributed by atoms with van der Waals surface area (Å²) in [6.45, 7) is 5.35. The zero-order valence-corrected chi connectivity index (χ0v) is 17.2. The number of rotatable bonds is 9. The highest BCUT2D eigenvalue weighted by molar-refractivity contribution is 6.00. The van der Waals surface area contributed by atoms with Crippen molar-refractivity contribution in [2.75, 3.05) is 13.7 Å². The first kappa shape index (κ1) is 20.9. The Balaban J connectivity index is 1.73. The first-order valence-corrected chi connectivity index (χ1v) is 9.99. The maximum Gasteiger partial charge on any atom is 0.251 e. The molecule has 0 spiro atoms. The summed E-state index contributed by atoms with van der Waals surface area (Å²) in [4.78, 5) is 25.5. The van der Waals surface area contributed by atoms with Crippen LogP contribution in [0.3, 0.4) is 0 Å². The molecule has 1 heterocycles. The van der Waals surface area contributed by atoms with Crippen molar-refractivity contribution in [1.82, 2.24) is 15.2 Å². The van der Waals surface area contributed by atoms with E-state index in [0.29, 0.717) is 31.4 Å². The molecule has 0 radical (unpaired) electrons. The highest BCUT2D eigenvalue weighted by Gasteiger charge is 2.45. The second-order valence-electron chi connectivity index (χ2n) is 8.11. The Hall–Kier alpha value is -2.85. The summed E-state index contributed by atoms with van der Waals surface area (Å²) < 4.78 is 7.20. The number of amides is 2. The van der Waals surface area contributed by atoms with Crippen LogP contribution in [0.5, 0.6) is 0 Å². The Bertz CT molecular complexity index is 937. The van der Waals surface area contributed by atoms with E-state index in [0.717, 1.165) is 17.4 Å². The molecule has 0 saturated heterocycles. The van der Waals surface area contributed by atoms with Gasteiger partial charge in [0, 0.05) is 36.3 Å². The molecule has 1 saturated carbocycles. The van der Waals surface area contributed by atoms with Crippen LogP contribution in [0.2, 0.25) is 0 Å². The SMILES string of the molecule is COCCn1ccc2cc(C(=O)NC(CC(C)C)C(=O)NC3(C#N)CC3)ccc21. The zero-order valence-electron chi connectivity index (χ0n) is 17.2. The first-order chi connectivity index (χ1) is 13.9. The second-order valence-corrected chi connectivity index (χ2v) is 8.11. The van der Waals surface area contributed by atoms with Gasteiger partial charge < -0.3 is 19.9 Å². The maximum atomic E-state index is 12.8. The number of nitriles is 1. The van der Waals surface area contributed by atoms with Crippen LogP contribution in [0.25, 0.3) is 10.9 Å². The van der Waals surface area contributed by atoms with E-state index in [1.165, 1.54) is 0 Å². The normalized spacial score (nSPS) is 15.7. The molecule has 1 atom stereocenters. The van der Waals surface area contributed by atoms with Crippen LogP contribution >= 0.6 is 0 Å². The number of nitrogens with one attached hydrogen (secondary N) is 2. The highest BCUT2D eigenvalue weighted by Crippen LogP contribution is 2.34. The Morgan fingerprint density at radius 3 is 2.69 bits per heavy atom. The fraction of sp³-hybridized carbons (Fsp3) is 0.500. The average Bonchev–Trinajstić information content (AvgIpc) is 3.35. The van der Waals surface area contributed by atoms with Gasteiger partial charge in [0.1, 0.15) is 11.6 Å². The molecule has 154 valence electrons. The number of hydrogen-bond donors (Lipinski definition) is 2. The van der Waals surface area contributed by atoms with Gasteiger partial charge in [-0.25, -0.2) is 0 Å². The van der Waals surface area contributed by atoms with E-state index in [4.69, 9.17) is 4.74 Å². The topological polar surface area (TPSA) is 96.2 Å². The minimum atomic E-state index is -0.749. The average molecular weight is 396 g/mol. The number of nitrogens with zero attached hydrogens (tertiary/aromatic N) is 2. The van der Waals surface area contributed by atoms with E-state index < -0.39 is 11.6 Å². The van der Waals surface area contributed by atoms with Crippen molar-refractivity contribution < 1.29 is 14.3 Å². The van der Waals surface area contributed by atoms with Crippen molar-refractivity contribution in [3.8, 4) is 6.07 Å². The lowest BCUT2D eigenvalue weighted by molar-refractivity contribution is -0.123. The fourth-order valence-corrected chi connectivity index (χ4v) is 3.38. The zero-order chi connectivity index (χ0) is 21.0. The summed E-state index contributed by atoms with van der Waals surface area (Å²) in [7, 11) is 1.67. The number of carbonyl (C=O) groups excluding carboxylic acids is 2. The number of aromatic nitrogens is 1. The predicted molar refractivity (Wildman–Crippen MR) is 110 cm³/mol. The van der Waals surface area contributed by atoms with Gasteiger partial charge in [-0.05, 0) is 49.4 Å². The largest absolute Gasteiger partial charge is 0.383 e. The van der Waals surface area contributed by atoms with Crippen molar-refractivity contribution in [2.24, 2.45) is 5.92 Å². The minimum Gasteiger partial charge on any atom is -0.383 e. The third kappa shape index (κ3) is 4.96. The summed E-state index contributed by atoms with van der Waals surface area (Å²) in [6.07, 6.45) is 3.80. The fourth-order valence-electron chi connectivity index (χ4n) is 3.38. The third-order valence-corrected chi connectivity index (χ3v) is 5.22. The number of carbonyl (C=O) groups is 2. The molecule has 0 bridgehead atoms. The Morgan fingerprint density at radius 1 is 1.31 bits per heavy atom. The molecule has 1 aromatic carbocycles. The molecule has 1 aliphatic rings. The number of ether oxygens (including phenoxy) is 1. The van der Waals surface area contributed by atoms with Crippen LogP contribution in [0, 0.1) is 17.2 Å². The van der Waals surface area contributed by atoms with Gasteiger partial charge in [0.2, 0.25) is 5.91 Å². The van der Waals surface area contributed by atoms with Gasteiger partial charge in [-0.2, -0.15) is 5.26 Å². The lowest BCUT2D eigenvalue weighted by Crippen LogP contribution is -2.50. The lowest BCUT2D eigenvalue weighted by atomic mass is 10.0. The lowest BCUT2D eigenvalue weighted by Gasteiger charge is -2.21. The minimum absolute atomic E-state index is 0.223. The van der Waals surface area contributed by atoms with E-state index in [1.807, 2.05) is 38.2 Å². The van der Waals surface area contributed by atoms with Crippen molar-refractivity contribution in [2.45, 2.75) is 51.2 Å². The third-order valence-electron chi connectivity index (χ3n) is 5.22. The molecule has 3 rings (SSSR count). The first-order valence-electron chi connectivity index (χ1n) is 9.99. The van der Waals surface area contributed by atoms with Gasteiger partial charge in [0.15, 0.2) is 0 Å². The van der Waals surface area contributed by atoms with Crippen molar-refractivity contribution in [3.05, 3.63) is 36.0 Å². The molecule has 1 unspecified atom stereocenters. The van der Waals surface area contributed by atoms with Gasteiger partial charge in [0.05, 0.1) is 12.7 Å². The van der Waals surface area contributed by atoms with Crippen molar-refractivity contribution in [3.63, 3.8) is 0 Å². The summed E-state index contributed by atoms with van der Waals surface area (Å²) >= 11 is 0. The van der Waals surface area contributed by atoms with Crippen LogP contribution in [0.1, 0.15) is 43.5 Å². The van der Waals surface area contributed by atoms with Gasteiger partial charge in [0.25, 0.3) is 5.91 Å². The Morgan fingerprint density at radius 2 is 2.07 bits per heavy atom. The van der Waals surface area contributed by atoms with Gasteiger partial charge in [-0.1, -0.05) is 13.8 Å². The van der Waals surface area contributed by atoms with Crippen molar-refractivity contribution in [1.29, 1.82) is 5.26 Å². The van der Waals surface area contributed by atoms with E-state index >= 15 is 0 Å². The molecular weight excluding hydrogens is 368 g/mol. The molecular formula is C22H28N4O3. The van der Waals surface area contributed by atoms with Crippen LogP contribution < -0.4 is 10.6 Å². The van der Waals surface area contributed by atoms with Crippen LogP contribution in [-0.2, 0) is 16.1 Å². The van der Waals surface area contributed by atoms with E-state index in [-0.39, 0.29) is 17.7 Å². The molecule has 2 aromatic rings. The highest BCUT2D eigenvalue weighted by atomic mass is 16.5. The molecule has 2 N–H and O–H groups in total. The Kier molecular flexibility index (Phi) is 6.23. The second kappa shape index (κ2) is 8.66. The van der Waals surface area contributed by atoms with Crippen molar-refractivity contribution >= 4 is 22.7 Å². The van der Waals surface area contributed by atoms with Gasteiger partial charge >= 0.3 is 0 Å². The summed E-state index contributed by atoms with van der Waals surface area (Å²) in [5.41, 5.74) is 0.783. The number of benzene rings is 1. The molecule has 7 heteroatoms. The number of methoxy groups -OCH3 is 1. The molecule has 0 aliphatic heterocycles. The van der Waals surface area contributed by atoms with Crippen LogP contribution in [0.15, 0.2) is 30.5 Å². The van der Waals surface area contributed by atoms with Crippen LogP contribution in [0.4, 0.5) is 0 Å². The molecule has 1 aliphatic carbocycles.